The number of carbonyl (C=O) groups is 3. The lowest BCUT2D eigenvalue weighted by molar-refractivity contribution is -0.159. The minimum atomic E-state index is -0.474. The molecular formula is C51H86N2O8. The Morgan fingerprint density at radius 2 is 1.05 bits per heavy atom. The van der Waals surface area contributed by atoms with Gasteiger partial charge in [0.15, 0.2) is 6.29 Å². The van der Waals surface area contributed by atoms with Crippen LogP contribution in [0.5, 0.6) is 0 Å². The van der Waals surface area contributed by atoms with Gasteiger partial charge in [0, 0.05) is 38.4 Å². The van der Waals surface area contributed by atoms with Crippen LogP contribution >= 0.6 is 0 Å². The minimum absolute atomic E-state index is 0.143. The SMILES string of the molecule is CC/C=C\CCCCOC(CCC(=O)OCCCCC(CCCCOC(=O)CCCCCCC/C=C\C/C=C\CCCCC)OC(=O)n1ccnc1)OCCCC/C=C\CC. The fraction of sp³-hybridized carbons (Fsp3) is 0.725. The zero-order chi connectivity index (χ0) is 44.1. The second-order valence-corrected chi connectivity index (χ2v) is 15.8. The number of nitrogens with zero attached hydrogens (tertiary/aromatic N) is 2. The van der Waals surface area contributed by atoms with E-state index in [9.17, 15) is 14.4 Å². The first-order valence-electron chi connectivity index (χ1n) is 24.3. The van der Waals surface area contributed by atoms with E-state index in [1.165, 1.54) is 55.6 Å². The van der Waals surface area contributed by atoms with Crippen LogP contribution in [0.1, 0.15) is 201 Å². The third kappa shape index (κ3) is 36.8. The summed E-state index contributed by atoms with van der Waals surface area (Å²) in [5, 5.41) is 0. The topological polar surface area (TPSA) is 115 Å². The molecule has 1 atom stereocenters. The van der Waals surface area contributed by atoms with Gasteiger partial charge < -0.3 is 23.7 Å². The highest BCUT2D eigenvalue weighted by Crippen LogP contribution is 2.16. The van der Waals surface area contributed by atoms with Crippen molar-refractivity contribution in [3.63, 3.8) is 0 Å². The maximum atomic E-state index is 12.7. The Balaban J connectivity index is 2.31. The van der Waals surface area contributed by atoms with Crippen molar-refractivity contribution < 1.29 is 38.1 Å². The van der Waals surface area contributed by atoms with Gasteiger partial charge in [-0.2, -0.15) is 0 Å². The number of unbranched alkanes of at least 4 members (excludes halogenated alkanes) is 14. The first-order valence-corrected chi connectivity index (χ1v) is 24.3. The van der Waals surface area contributed by atoms with E-state index < -0.39 is 12.4 Å². The van der Waals surface area contributed by atoms with Crippen molar-refractivity contribution in [2.75, 3.05) is 26.4 Å². The van der Waals surface area contributed by atoms with Crippen LogP contribution in [0.2, 0.25) is 0 Å². The molecule has 0 aliphatic rings. The van der Waals surface area contributed by atoms with Gasteiger partial charge in [-0.15, -0.1) is 0 Å². The lowest BCUT2D eigenvalue weighted by atomic mass is 10.1. The molecule has 348 valence electrons. The number of imidazole rings is 1. The van der Waals surface area contributed by atoms with Crippen molar-refractivity contribution in [2.24, 2.45) is 0 Å². The molecule has 10 nitrogen and oxygen atoms in total. The summed E-state index contributed by atoms with van der Waals surface area (Å²) in [6.45, 7) is 8.38. The summed E-state index contributed by atoms with van der Waals surface area (Å²) in [6, 6.07) is 0. The molecule has 1 unspecified atom stereocenters. The van der Waals surface area contributed by atoms with E-state index >= 15 is 0 Å². The highest BCUT2D eigenvalue weighted by Gasteiger charge is 2.17. The van der Waals surface area contributed by atoms with Gasteiger partial charge >= 0.3 is 18.0 Å². The molecule has 0 bridgehead atoms. The van der Waals surface area contributed by atoms with E-state index in [-0.39, 0.29) is 24.5 Å². The monoisotopic (exact) mass is 855 g/mol. The van der Waals surface area contributed by atoms with Crippen molar-refractivity contribution in [1.29, 1.82) is 0 Å². The first kappa shape index (κ1) is 55.5. The molecule has 0 saturated carbocycles. The van der Waals surface area contributed by atoms with Crippen LogP contribution in [0, 0.1) is 0 Å². The number of hydrogen-bond acceptors (Lipinski definition) is 9. The van der Waals surface area contributed by atoms with E-state index in [4.69, 9.17) is 23.7 Å². The maximum Gasteiger partial charge on any atom is 0.419 e. The van der Waals surface area contributed by atoms with Crippen LogP contribution in [0.25, 0.3) is 0 Å². The normalized spacial score (nSPS) is 12.5. The Kier molecular flexibility index (Phi) is 39.3. The molecule has 10 heteroatoms. The van der Waals surface area contributed by atoms with Crippen molar-refractivity contribution >= 4 is 18.0 Å². The van der Waals surface area contributed by atoms with Crippen molar-refractivity contribution in [2.45, 2.75) is 213 Å². The summed E-state index contributed by atoms with van der Waals surface area (Å²) in [5.74, 6) is -0.407. The fourth-order valence-corrected chi connectivity index (χ4v) is 6.56. The summed E-state index contributed by atoms with van der Waals surface area (Å²) in [5.41, 5.74) is 0. The van der Waals surface area contributed by atoms with E-state index in [2.05, 4.69) is 74.4 Å². The highest BCUT2D eigenvalue weighted by molar-refractivity contribution is 5.70. The van der Waals surface area contributed by atoms with Gasteiger partial charge in [0.2, 0.25) is 0 Å². The highest BCUT2D eigenvalue weighted by atomic mass is 16.7. The van der Waals surface area contributed by atoms with Crippen LogP contribution < -0.4 is 0 Å². The zero-order valence-electron chi connectivity index (χ0n) is 38.8. The number of hydrogen-bond donors (Lipinski definition) is 0. The maximum absolute atomic E-state index is 12.7. The minimum Gasteiger partial charge on any atom is -0.466 e. The number of rotatable bonds is 42. The third-order valence-corrected chi connectivity index (χ3v) is 10.2. The van der Waals surface area contributed by atoms with E-state index in [0.717, 1.165) is 96.3 Å². The summed E-state index contributed by atoms with van der Waals surface area (Å²) in [7, 11) is 0. The van der Waals surface area contributed by atoms with Gasteiger partial charge in [0.25, 0.3) is 0 Å². The first-order chi connectivity index (χ1) is 30.0. The Hall–Kier alpha value is -3.50. The molecule has 1 aromatic heterocycles. The van der Waals surface area contributed by atoms with Crippen LogP contribution in [0.3, 0.4) is 0 Å². The molecule has 0 spiro atoms. The Bertz CT molecular complexity index is 1250. The second-order valence-electron chi connectivity index (χ2n) is 15.8. The van der Waals surface area contributed by atoms with Gasteiger partial charge in [-0.05, 0) is 128 Å². The summed E-state index contributed by atoms with van der Waals surface area (Å²) < 4.78 is 30.3. The summed E-state index contributed by atoms with van der Waals surface area (Å²) >= 11 is 0. The Morgan fingerprint density at radius 3 is 1.61 bits per heavy atom. The smallest absolute Gasteiger partial charge is 0.419 e. The predicted octanol–water partition coefficient (Wildman–Crippen LogP) is 13.9. The van der Waals surface area contributed by atoms with Crippen LogP contribution in [-0.2, 0) is 33.3 Å². The molecule has 0 aliphatic heterocycles. The molecule has 0 saturated heterocycles. The van der Waals surface area contributed by atoms with E-state index in [0.29, 0.717) is 65.0 Å². The molecule has 0 radical (unpaired) electrons. The molecule has 0 aliphatic carbocycles. The van der Waals surface area contributed by atoms with Gasteiger partial charge in [-0.1, -0.05) is 101 Å². The molecule has 61 heavy (non-hydrogen) atoms. The number of ether oxygens (including phenoxy) is 5. The molecule has 1 rings (SSSR count). The quantitative estimate of drug-likeness (QED) is 0.0208. The van der Waals surface area contributed by atoms with Crippen LogP contribution in [0.15, 0.2) is 67.3 Å². The molecule has 1 heterocycles. The summed E-state index contributed by atoms with van der Waals surface area (Å²) in [4.78, 5) is 41.6. The second kappa shape index (κ2) is 43.2. The van der Waals surface area contributed by atoms with Crippen LogP contribution in [0.4, 0.5) is 4.79 Å². The van der Waals surface area contributed by atoms with Crippen molar-refractivity contribution in [3.05, 3.63) is 67.3 Å². The molecule has 0 amide bonds. The molecular weight excluding hydrogens is 769 g/mol. The van der Waals surface area contributed by atoms with Crippen LogP contribution in [-0.4, -0.2) is 66.4 Å². The molecule has 1 aromatic rings. The summed E-state index contributed by atoms with van der Waals surface area (Å²) in [6.07, 6.45) is 47.4. The van der Waals surface area contributed by atoms with E-state index in [1.807, 2.05) is 0 Å². The van der Waals surface area contributed by atoms with Gasteiger partial charge in [0.05, 0.1) is 19.6 Å². The lowest BCUT2D eigenvalue weighted by Gasteiger charge is -2.19. The molecule has 0 fully saturated rings. The number of carbonyl (C=O) groups excluding carboxylic acids is 3. The number of allylic oxidation sites excluding steroid dienone is 8. The van der Waals surface area contributed by atoms with Crippen molar-refractivity contribution in [1.82, 2.24) is 9.55 Å². The number of aromatic nitrogens is 2. The van der Waals surface area contributed by atoms with E-state index in [1.54, 1.807) is 6.20 Å². The third-order valence-electron chi connectivity index (χ3n) is 10.2. The lowest BCUT2D eigenvalue weighted by Crippen LogP contribution is -2.22. The Labute approximate surface area is 371 Å². The van der Waals surface area contributed by atoms with Gasteiger partial charge in [0.1, 0.15) is 12.4 Å². The predicted molar refractivity (Wildman–Crippen MR) is 248 cm³/mol. The molecule has 0 N–H and O–H groups in total. The van der Waals surface area contributed by atoms with Gasteiger partial charge in [-0.25, -0.2) is 14.3 Å². The largest absolute Gasteiger partial charge is 0.466 e. The standard InChI is InChI=1S/C51H86N2O8/c1-4-7-10-13-16-17-18-19-20-21-22-23-24-25-28-37-48(54)57-42-33-29-35-47(61-51(56)53-41-40-52-46-53)36-30-34-43-58-49(55)38-39-50(59-44-31-26-14-11-8-5-2)60-45-32-27-15-12-9-6-3/h8-9,11-12,16-17,19-20,40-41,46-47,50H,4-7,10,13-15,18,21-39,42-45H2,1-3H3/b11-8-,12-9-,17-16-,20-19-. The average Bonchev–Trinajstić information content (AvgIpc) is 3.81. The average molecular weight is 855 g/mol. The molecule has 0 aromatic carbocycles. The Morgan fingerprint density at radius 1 is 0.541 bits per heavy atom. The number of esters is 2. The fourth-order valence-electron chi connectivity index (χ4n) is 6.56. The zero-order valence-corrected chi connectivity index (χ0v) is 38.8. The van der Waals surface area contributed by atoms with Gasteiger partial charge in [-0.3, -0.25) is 9.59 Å². The van der Waals surface area contributed by atoms with Crippen molar-refractivity contribution in [3.8, 4) is 0 Å².